The molecule has 3 heteroatoms. The van der Waals surface area contributed by atoms with Crippen LogP contribution in [0.5, 0.6) is 0 Å². The second kappa shape index (κ2) is 11.2. The number of fused-ring (bicyclic) bond motifs is 7. The number of thiophene rings is 1. The Kier molecular flexibility index (Phi) is 6.39. The summed E-state index contributed by atoms with van der Waals surface area (Å²) in [4.78, 5) is 2.47. The summed E-state index contributed by atoms with van der Waals surface area (Å²) in [6.45, 7) is 0. The third kappa shape index (κ3) is 4.47. The highest BCUT2D eigenvalue weighted by Gasteiger charge is 2.23. The van der Waals surface area contributed by atoms with Gasteiger partial charge in [-0.1, -0.05) is 121 Å². The second-order valence-corrected chi connectivity index (χ2v) is 13.6. The smallest absolute Gasteiger partial charge is 0.0782 e. The summed E-state index contributed by atoms with van der Waals surface area (Å²) < 4.78 is 5.07. The fourth-order valence-corrected chi connectivity index (χ4v) is 8.70. The van der Waals surface area contributed by atoms with Gasteiger partial charge in [0.1, 0.15) is 0 Å². The average molecular weight is 643 g/mol. The molecule has 2 heterocycles. The van der Waals surface area contributed by atoms with Crippen molar-refractivity contribution < 1.29 is 0 Å². The number of nitrogens with zero attached hydrogens (tertiary/aromatic N) is 2. The van der Waals surface area contributed by atoms with Crippen LogP contribution < -0.4 is 4.90 Å². The van der Waals surface area contributed by atoms with Gasteiger partial charge in [-0.15, -0.1) is 11.3 Å². The Morgan fingerprint density at radius 3 is 2.00 bits per heavy atom. The minimum Gasteiger partial charge on any atom is -0.308 e. The van der Waals surface area contributed by atoms with E-state index in [1.807, 2.05) is 11.3 Å². The highest BCUT2D eigenvalue weighted by atomic mass is 32.1. The van der Waals surface area contributed by atoms with E-state index < -0.39 is 0 Å². The summed E-state index contributed by atoms with van der Waals surface area (Å²) >= 11 is 1.87. The van der Waals surface area contributed by atoms with Crippen molar-refractivity contribution in [3.05, 3.63) is 182 Å². The minimum atomic E-state index is 1.12. The van der Waals surface area contributed by atoms with Crippen molar-refractivity contribution in [3.8, 4) is 16.8 Å². The van der Waals surface area contributed by atoms with Crippen LogP contribution in [-0.2, 0) is 0 Å². The molecule has 0 unspecified atom stereocenters. The standard InChI is InChI=1S/C46H30N2S/c1-3-14-31(15-4-1)36-18-7-10-22-41(36)47(35-27-26-32-29-40-38-20-9-12-25-44(38)49-45(40)30-33(32)28-35)43-24-13-21-39-37-19-8-11-23-42(37)48(46(39)43)34-16-5-2-6-17-34/h1-30H. The zero-order chi connectivity index (χ0) is 32.3. The monoisotopic (exact) mass is 642 g/mol. The van der Waals surface area contributed by atoms with Crippen LogP contribution in [0.1, 0.15) is 0 Å². The molecule has 10 rings (SSSR count). The van der Waals surface area contributed by atoms with Crippen LogP contribution in [0.15, 0.2) is 182 Å². The molecule has 0 atom stereocenters. The number of benzene rings is 8. The van der Waals surface area contributed by atoms with Crippen LogP contribution in [-0.4, -0.2) is 4.57 Å². The van der Waals surface area contributed by atoms with Gasteiger partial charge in [-0.3, -0.25) is 0 Å². The lowest BCUT2D eigenvalue weighted by atomic mass is 10.0. The maximum atomic E-state index is 2.47. The molecular formula is C46H30N2S. The van der Waals surface area contributed by atoms with Crippen LogP contribution in [0.4, 0.5) is 17.1 Å². The van der Waals surface area contributed by atoms with Gasteiger partial charge in [-0.25, -0.2) is 0 Å². The molecule has 0 saturated heterocycles. The SMILES string of the molecule is c1ccc(-c2ccccc2N(c2ccc3cc4c(cc3c2)sc2ccccc24)c2cccc3c4ccccc4n(-c4ccccc4)c23)cc1. The Labute approximate surface area is 288 Å². The van der Waals surface area contributed by atoms with Crippen LogP contribution in [0.25, 0.3) is 69.6 Å². The van der Waals surface area contributed by atoms with E-state index in [2.05, 4.69) is 191 Å². The van der Waals surface area contributed by atoms with Gasteiger partial charge in [-0.2, -0.15) is 0 Å². The quantitative estimate of drug-likeness (QED) is 0.181. The van der Waals surface area contributed by atoms with Crippen molar-refractivity contribution >= 4 is 81.1 Å². The molecule has 8 aromatic carbocycles. The molecule has 2 aromatic heterocycles. The highest BCUT2D eigenvalue weighted by Crippen LogP contribution is 2.47. The van der Waals surface area contributed by atoms with Gasteiger partial charge in [0, 0.05) is 47.9 Å². The largest absolute Gasteiger partial charge is 0.308 e. The normalized spacial score (nSPS) is 11.7. The van der Waals surface area contributed by atoms with Crippen molar-refractivity contribution in [1.29, 1.82) is 0 Å². The molecule has 0 radical (unpaired) electrons. The van der Waals surface area contributed by atoms with Gasteiger partial charge in [0.2, 0.25) is 0 Å². The highest BCUT2D eigenvalue weighted by molar-refractivity contribution is 7.25. The van der Waals surface area contributed by atoms with E-state index in [9.17, 15) is 0 Å². The van der Waals surface area contributed by atoms with Gasteiger partial charge in [0.05, 0.1) is 22.4 Å². The molecular weight excluding hydrogens is 613 g/mol. The summed E-state index contributed by atoms with van der Waals surface area (Å²) in [6, 6.07) is 66.2. The van der Waals surface area contributed by atoms with E-state index >= 15 is 0 Å². The van der Waals surface area contributed by atoms with E-state index in [1.54, 1.807) is 0 Å². The number of hydrogen-bond donors (Lipinski definition) is 0. The number of rotatable bonds is 5. The first-order valence-corrected chi connectivity index (χ1v) is 17.5. The van der Waals surface area contributed by atoms with Gasteiger partial charge in [-0.05, 0) is 77.0 Å². The molecule has 0 aliphatic carbocycles. The van der Waals surface area contributed by atoms with Crippen molar-refractivity contribution in [2.24, 2.45) is 0 Å². The Bertz CT molecular complexity index is 2830. The van der Waals surface area contributed by atoms with Crippen LogP contribution >= 0.6 is 11.3 Å². The topological polar surface area (TPSA) is 8.17 Å². The zero-order valence-electron chi connectivity index (χ0n) is 26.6. The predicted octanol–water partition coefficient (Wildman–Crippen LogP) is 13.4. The third-order valence-corrected chi connectivity index (χ3v) is 10.9. The van der Waals surface area contributed by atoms with Crippen molar-refractivity contribution in [3.63, 3.8) is 0 Å². The lowest BCUT2D eigenvalue weighted by molar-refractivity contribution is 1.17. The minimum absolute atomic E-state index is 1.12. The van der Waals surface area contributed by atoms with Crippen molar-refractivity contribution in [1.82, 2.24) is 4.57 Å². The predicted molar refractivity (Wildman–Crippen MR) is 211 cm³/mol. The fourth-order valence-electron chi connectivity index (χ4n) is 7.56. The summed E-state index contributed by atoms with van der Waals surface area (Å²) in [6.07, 6.45) is 0. The lowest BCUT2D eigenvalue weighted by Crippen LogP contribution is -2.13. The van der Waals surface area contributed by atoms with E-state index in [4.69, 9.17) is 0 Å². The van der Waals surface area contributed by atoms with E-state index in [1.165, 1.54) is 63.9 Å². The molecule has 0 spiro atoms. The second-order valence-electron chi connectivity index (χ2n) is 12.6. The third-order valence-electron chi connectivity index (χ3n) is 9.74. The van der Waals surface area contributed by atoms with Crippen molar-refractivity contribution in [2.45, 2.75) is 0 Å². The van der Waals surface area contributed by atoms with Crippen LogP contribution in [0.3, 0.4) is 0 Å². The van der Waals surface area contributed by atoms with E-state index in [-0.39, 0.29) is 0 Å². The first-order chi connectivity index (χ1) is 24.3. The molecule has 49 heavy (non-hydrogen) atoms. The molecule has 10 aromatic rings. The number of hydrogen-bond acceptors (Lipinski definition) is 2. The molecule has 2 nitrogen and oxygen atoms in total. The Balaban J connectivity index is 1.30. The van der Waals surface area contributed by atoms with Crippen molar-refractivity contribution in [2.75, 3.05) is 4.90 Å². The Morgan fingerprint density at radius 1 is 0.429 bits per heavy atom. The van der Waals surface area contributed by atoms with Gasteiger partial charge in [0.25, 0.3) is 0 Å². The lowest BCUT2D eigenvalue weighted by Gasteiger charge is -2.29. The Hall–Kier alpha value is -6.16. The van der Waals surface area contributed by atoms with Gasteiger partial charge >= 0.3 is 0 Å². The molecule has 0 aliphatic heterocycles. The Morgan fingerprint density at radius 2 is 1.12 bits per heavy atom. The summed E-state index contributed by atoms with van der Waals surface area (Å²) in [5.41, 5.74) is 9.26. The average Bonchev–Trinajstić information content (AvgIpc) is 3.70. The van der Waals surface area contributed by atoms with Gasteiger partial charge in [0.15, 0.2) is 0 Å². The van der Waals surface area contributed by atoms with Crippen LogP contribution in [0.2, 0.25) is 0 Å². The molecule has 0 bridgehead atoms. The maximum absolute atomic E-state index is 2.47. The summed E-state index contributed by atoms with van der Waals surface area (Å²) in [7, 11) is 0. The first kappa shape index (κ1) is 27.9. The van der Waals surface area contributed by atoms with Crippen LogP contribution in [0, 0.1) is 0 Å². The fraction of sp³-hybridized carbons (Fsp3) is 0. The molecule has 0 amide bonds. The number of aromatic nitrogens is 1. The molecule has 0 aliphatic rings. The molecule has 0 saturated carbocycles. The summed E-state index contributed by atoms with van der Waals surface area (Å²) in [5, 5.41) is 7.59. The van der Waals surface area contributed by atoms with E-state index in [0.717, 1.165) is 22.7 Å². The number of para-hydroxylation sites is 4. The summed E-state index contributed by atoms with van der Waals surface area (Å²) in [5.74, 6) is 0. The zero-order valence-corrected chi connectivity index (χ0v) is 27.4. The maximum Gasteiger partial charge on any atom is 0.0782 e. The number of anilines is 3. The molecule has 0 fully saturated rings. The molecule has 0 N–H and O–H groups in total. The van der Waals surface area contributed by atoms with E-state index in [0.29, 0.717) is 0 Å². The molecule has 230 valence electrons. The van der Waals surface area contributed by atoms with Gasteiger partial charge < -0.3 is 9.47 Å². The first-order valence-electron chi connectivity index (χ1n) is 16.7.